The van der Waals surface area contributed by atoms with Crippen molar-refractivity contribution in [2.45, 2.75) is 76.5 Å². The molecule has 3 amide bonds. The standard InChI is InChI=1S/C18H31N3O3/c1-14(2)21-16(22)18(19-17(21)23)9-10-20(13-18)11-12-24-15-7-5-3-4-6-8-15/h14-15H,3-13H2,1-2H3,(H,19,23). The number of amides is 3. The van der Waals surface area contributed by atoms with Crippen molar-refractivity contribution in [3.8, 4) is 0 Å². The quantitative estimate of drug-likeness (QED) is 0.617. The topological polar surface area (TPSA) is 61.9 Å². The number of urea groups is 1. The number of carbonyl (C=O) groups is 2. The van der Waals surface area contributed by atoms with Crippen LogP contribution in [0.25, 0.3) is 0 Å². The summed E-state index contributed by atoms with van der Waals surface area (Å²) in [6.45, 7) is 6.76. The van der Waals surface area contributed by atoms with Crippen molar-refractivity contribution >= 4 is 11.9 Å². The summed E-state index contributed by atoms with van der Waals surface area (Å²) in [7, 11) is 0. The van der Waals surface area contributed by atoms with Gasteiger partial charge in [0, 0.05) is 25.7 Å². The van der Waals surface area contributed by atoms with Crippen LogP contribution in [0.1, 0.15) is 58.8 Å². The maximum Gasteiger partial charge on any atom is 0.325 e. The molecule has 1 aliphatic carbocycles. The van der Waals surface area contributed by atoms with Crippen molar-refractivity contribution in [1.29, 1.82) is 0 Å². The van der Waals surface area contributed by atoms with Crippen LogP contribution in [0, 0.1) is 0 Å². The van der Waals surface area contributed by atoms with E-state index in [2.05, 4.69) is 10.2 Å². The van der Waals surface area contributed by atoms with Gasteiger partial charge in [0.15, 0.2) is 0 Å². The van der Waals surface area contributed by atoms with E-state index in [9.17, 15) is 9.59 Å². The van der Waals surface area contributed by atoms with E-state index in [1.54, 1.807) is 0 Å². The number of rotatable bonds is 5. The summed E-state index contributed by atoms with van der Waals surface area (Å²) in [6.07, 6.45) is 8.71. The summed E-state index contributed by atoms with van der Waals surface area (Å²) >= 11 is 0. The van der Waals surface area contributed by atoms with Crippen molar-refractivity contribution in [3.63, 3.8) is 0 Å². The summed E-state index contributed by atoms with van der Waals surface area (Å²) in [5, 5.41) is 2.94. The van der Waals surface area contributed by atoms with Gasteiger partial charge in [-0.05, 0) is 33.1 Å². The molecule has 3 fully saturated rings. The van der Waals surface area contributed by atoms with E-state index in [0.29, 0.717) is 19.1 Å². The van der Waals surface area contributed by atoms with Crippen LogP contribution in [0.2, 0.25) is 0 Å². The number of nitrogens with zero attached hydrogens (tertiary/aromatic N) is 2. The zero-order valence-electron chi connectivity index (χ0n) is 15.1. The maximum atomic E-state index is 12.7. The van der Waals surface area contributed by atoms with Gasteiger partial charge in [0.2, 0.25) is 0 Å². The van der Waals surface area contributed by atoms with Gasteiger partial charge >= 0.3 is 6.03 Å². The van der Waals surface area contributed by atoms with Crippen LogP contribution >= 0.6 is 0 Å². The summed E-state index contributed by atoms with van der Waals surface area (Å²) in [4.78, 5) is 28.4. The Morgan fingerprint density at radius 1 is 1.21 bits per heavy atom. The first-order valence-corrected chi connectivity index (χ1v) is 9.52. The van der Waals surface area contributed by atoms with Crippen molar-refractivity contribution < 1.29 is 14.3 Å². The summed E-state index contributed by atoms with van der Waals surface area (Å²) in [5.74, 6) is -0.0605. The molecule has 24 heavy (non-hydrogen) atoms. The number of hydrogen-bond acceptors (Lipinski definition) is 4. The number of ether oxygens (including phenoxy) is 1. The smallest absolute Gasteiger partial charge is 0.325 e. The highest BCUT2D eigenvalue weighted by Gasteiger charge is 2.55. The summed E-state index contributed by atoms with van der Waals surface area (Å²) in [6, 6.07) is -0.337. The molecule has 0 bridgehead atoms. The highest BCUT2D eigenvalue weighted by Crippen LogP contribution is 2.29. The van der Waals surface area contributed by atoms with Gasteiger partial charge in [-0.25, -0.2) is 4.79 Å². The SMILES string of the molecule is CC(C)N1C(=O)NC2(CCN(CCOC3CCCCCC3)C2)C1=O. The molecule has 136 valence electrons. The minimum Gasteiger partial charge on any atom is -0.377 e. The second-order valence-corrected chi connectivity index (χ2v) is 7.79. The zero-order valence-corrected chi connectivity index (χ0v) is 15.1. The molecule has 6 heteroatoms. The Hall–Kier alpha value is -1.14. The third kappa shape index (κ3) is 3.59. The predicted molar refractivity (Wildman–Crippen MR) is 91.7 cm³/mol. The third-order valence-corrected chi connectivity index (χ3v) is 5.62. The van der Waals surface area contributed by atoms with Crippen LogP contribution in [0.5, 0.6) is 0 Å². The van der Waals surface area contributed by atoms with E-state index in [1.165, 1.54) is 43.4 Å². The molecule has 1 unspecified atom stereocenters. The molecule has 3 aliphatic rings. The fourth-order valence-electron chi connectivity index (χ4n) is 4.22. The van der Waals surface area contributed by atoms with Gasteiger partial charge < -0.3 is 10.1 Å². The van der Waals surface area contributed by atoms with Gasteiger partial charge in [-0.15, -0.1) is 0 Å². The lowest BCUT2D eigenvalue weighted by Gasteiger charge is -2.23. The van der Waals surface area contributed by atoms with Crippen molar-refractivity contribution in [2.75, 3.05) is 26.2 Å². The van der Waals surface area contributed by atoms with E-state index in [-0.39, 0.29) is 18.0 Å². The largest absolute Gasteiger partial charge is 0.377 e. The first-order valence-electron chi connectivity index (χ1n) is 9.52. The van der Waals surface area contributed by atoms with E-state index in [1.807, 2.05) is 13.8 Å². The maximum absolute atomic E-state index is 12.7. The molecule has 1 saturated carbocycles. The van der Waals surface area contributed by atoms with Crippen LogP contribution in [0.4, 0.5) is 4.79 Å². The minimum absolute atomic E-state index is 0.0605. The minimum atomic E-state index is -0.705. The normalized spacial score (nSPS) is 29.7. The average Bonchev–Trinajstić information content (AvgIpc) is 2.90. The van der Waals surface area contributed by atoms with Crippen LogP contribution in [0.15, 0.2) is 0 Å². The van der Waals surface area contributed by atoms with Gasteiger partial charge in [-0.1, -0.05) is 25.7 Å². The Labute approximate surface area is 144 Å². The molecule has 0 aromatic carbocycles. The number of imide groups is 1. The molecule has 1 spiro atoms. The Morgan fingerprint density at radius 2 is 1.92 bits per heavy atom. The third-order valence-electron chi connectivity index (χ3n) is 5.62. The Bertz CT molecular complexity index is 474. The summed E-state index contributed by atoms with van der Waals surface area (Å²) in [5.41, 5.74) is -0.705. The molecular weight excluding hydrogens is 306 g/mol. The Morgan fingerprint density at radius 3 is 2.54 bits per heavy atom. The number of hydrogen-bond donors (Lipinski definition) is 1. The fourth-order valence-corrected chi connectivity index (χ4v) is 4.22. The van der Waals surface area contributed by atoms with Crippen molar-refractivity contribution in [2.24, 2.45) is 0 Å². The fraction of sp³-hybridized carbons (Fsp3) is 0.889. The monoisotopic (exact) mass is 337 g/mol. The van der Waals surface area contributed by atoms with Gasteiger partial charge in [-0.2, -0.15) is 0 Å². The number of nitrogens with one attached hydrogen (secondary N) is 1. The lowest BCUT2D eigenvalue weighted by Crippen LogP contribution is -2.49. The molecule has 3 rings (SSSR count). The molecule has 1 atom stereocenters. The van der Waals surface area contributed by atoms with E-state index >= 15 is 0 Å². The van der Waals surface area contributed by atoms with Gasteiger partial charge in [0.25, 0.3) is 5.91 Å². The lowest BCUT2D eigenvalue weighted by molar-refractivity contribution is -0.132. The molecule has 0 aromatic rings. The Balaban J connectivity index is 1.47. The Kier molecular flexibility index (Phi) is 5.45. The molecule has 2 aliphatic heterocycles. The first kappa shape index (κ1) is 17.7. The average molecular weight is 337 g/mol. The second-order valence-electron chi connectivity index (χ2n) is 7.79. The molecule has 0 aromatic heterocycles. The van der Waals surface area contributed by atoms with Gasteiger partial charge in [0.1, 0.15) is 5.54 Å². The number of carbonyl (C=O) groups excluding carboxylic acids is 2. The predicted octanol–water partition coefficient (Wildman–Crippen LogP) is 2.13. The van der Waals surface area contributed by atoms with Crippen LogP contribution in [0.3, 0.4) is 0 Å². The van der Waals surface area contributed by atoms with Crippen LogP contribution in [-0.4, -0.2) is 65.7 Å². The van der Waals surface area contributed by atoms with Gasteiger partial charge in [-0.3, -0.25) is 14.6 Å². The zero-order chi connectivity index (χ0) is 17.2. The second kappa shape index (κ2) is 7.40. The lowest BCUT2D eigenvalue weighted by atomic mass is 9.99. The first-order chi connectivity index (χ1) is 11.5. The molecule has 0 radical (unpaired) electrons. The molecule has 2 heterocycles. The highest BCUT2D eigenvalue weighted by molar-refractivity contribution is 6.07. The van der Waals surface area contributed by atoms with E-state index in [0.717, 1.165) is 19.7 Å². The van der Waals surface area contributed by atoms with E-state index < -0.39 is 5.54 Å². The molecule has 1 N–H and O–H groups in total. The summed E-state index contributed by atoms with van der Waals surface area (Å²) < 4.78 is 6.06. The van der Waals surface area contributed by atoms with Crippen LogP contribution < -0.4 is 5.32 Å². The van der Waals surface area contributed by atoms with Crippen molar-refractivity contribution in [3.05, 3.63) is 0 Å². The van der Waals surface area contributed by atoms with Gasteiger partial charge in [0.05, 0.1) is 12.7 Å². The molecule has 2 saturated heterocycles. The van der Waals surface area contributed by atoms with Crippen LogP contribution in [-0.2, 0) is 9.53 Å². The van der Waals surface area contributed by atoms with E-state index in [4.69, 9.17) is 4.74 Å². The highest BCUT2D eigenvalue weighted by atomic mass is 16.5. The van der Waals surface area contributed by atoms with Crippen molar-refractivity contribution in [1.82, 2.24) is 15.1 Å². The number of likely N-dealkylation sites (tertiary alicyclic amines) is 1. The molecule has 6 nitrogen and oxygen atoms in total. The molecular formula is C18H31N3O3.